The van der Waals surface area contributed by atoms with Crippen LogP contribution >= 0.6 is 0 Å². The summed E-state index contributed by atoms with van der Waals surface area (Å²) in [6.07, 6.45) is -0.698. The Bertz CT molecular complexity index is 265. The molecular formula is C11H20O6. The summed E-state index contributed by atoms with van der Waals surface area (Å²) in [5.41, 5.74) is -1.27. The molecular weight excluding hydrogens is 228 g/mol. The van der Waals surface area contributed by atoms with Gasteiger partial charge in [0.1, 0.15) is 12.0 Å². The first-order valence-corrected chi connectivity index (χ1v) is 5.42. The predicted octanol–water partition coefficient (Wildman–Crippen LogP) is 0.474. The first kappa shape index (κ1) is 15.9. The van der Waals surface area contributed by atoms with E-state index in [1.54, 1.807) is 13.8 Å². The number of hydrogen-bond acceptors (Lipinski definition) is 6. The highest BCUT2D eigenvalue weighted by molar-refractivity contribution is 5.77. The molecule has 1 N–H and O–H groups in total. The maximum Gasteiger partial charge on any atom is 0.319 e. The maximum atomic E-state index is 11.7. The molecule has 0 saturated carbocycles. The van der Waals surface area contributed by atoms with Gasteiger partial charge in [0.2, 0.25) is 0 Å². The molecule has 0 aliphatic heterocycles. The zero-order valence-corrected chi connectivity index (χ0v) is 10.7. The Morgan fingerprint density at radius 2 is 2.00 bits per heavy atom. The monoisotopic (exact) mass is 248 g/mol. The van der Waals surface area contributed by atoms with Crippen molar-refractivity contribution in [2.24, 2.45) is 5.41 Å². The minimum atomic E-state index is -1.27. The molecule has 0 spiro atoms. The van der Waals surface area contributed by atoms with E-state index in [1.807, 2.05) is 0 Å². The lowest BCUT2D eigenvalue weighted by molar-refractivity contribution is -0.190. The lowest BCUT2D eigenvalue weighted by Crippen LogP contribution is -2.40. The van der Waals surface area contributed by atoms with Crippen LogP contribution in [0.3, 0.4) is 0 Å². The molecule has 6 nitrogen and oxygen atoms in total. The third-order valence-electron chi connectivity index (χ3n) is 2.11. The lowest BCUT2D eigenvalue weighted by Gasteiger charge is -2.26. The normalized spacial score (nSPS) is 15.8. The molecule has 0 aliphatic carbocycles. The molecule has 0 amide bonds. The third kappa shape index (κ3) is 5.65. The van der Waals surface area contributed by atoms with Gasteiger partial charge in [-0.05, 0) is 20.8 Å². The van der Waals surface area contributed by atoms with E-state index in [-0.39, 0.29) is 6.61 Å². The van der Waals surface area contributed by atoms with Crippen LogP contribution in [0.5, 0.6) is 0 Å². The molecule has 0 saturated heterocycles. The van der Waals surface area contributed by atoms with E-state index in [9.17, 15) is 14.7 Å². The second-order valence-corrected chi connectivity index (χ2v) is 3.93. The molecule has 0 bridgehead atoms. The van der Waals surface area contributed by atoms with Crippen LogP contribution in [0.2, 0.25) is 0 Å². The number of hydrogen-bond donors (Lipinski definition) is 1. The van der Waals surface area contributed by atoms with E-state index in [0.717, 1.165) is 0 Å². The molecule has 0 radical (unpaired) electrons. The Balaban J connectivity index is 4.40. The zero-order chi connectivity index (χ0) is 13.5. The van der Waals surface area contributed by atoms with Crippen molar-refractivity contribution < 1.29 is 28.9 Å². The van der Waals surface area contributed by atoms with Crippen molar-refractivity contribution in [2.75, 3.05) is 19.8 Å². The predicted molar refractivity (Wildman–Crippen MR) is 59.0 cm³/mol. The second-order valence-electron chi connectivity index (χ2n) is 3.93. The zero-order valence-electron chi connectivity index (χ0n) is 10.7. The number of aliphatic hydroxyl groups is 1. The maximum absolute atomic E-state index is 11.7. The third-order valence-corrected chi connectivity index (χ3v) is 2.11. The van der Waals surface area contributed by atoms with Gasteiger partial charge >= 0.3 is 11.9 Å². The van der Waals surface area contributed by atoms with Crippen molar-refractivity contribution in [3.8, 4) is 0 Å². The molecule has 0 aromatic rings. The SMILES string of the molecule is CCOC(C)OC(=O)C(C)(CO)COC(C)=O. The van der Waals surface area contributed by atoms with Crippen molar-refractivity contribution in [3.05, 3.63) is 0 Å². The number of esters is 2. The summed E-state index contributed by atoms with van der Waals surface area (Å²) >= 11 is 0. The van der Waals surface area contributed by atoms with Gasteiger partial charge in [0, 0.05) is 13.5 Å². The number of ether oxygens (including phenoxy) is 3. The topological polar surface area (TPSA) is 82.1 Å². The van der Waals surface area contributed by atoms with Crippen molar-refractivity contribution in [1.29, 1.82) is 0 Å². The fourth-order valence-electron chi connectivity index (χ4n) is 0.992. The average molecular weight is 248 g/mol. The minimum absolute atomic E-state index is 0.226. The summed E-state index contributed by atoms with van der Waals surface area (Å²) in [5, 5.41) is 9.18. The summed E-state index contributed by atoms with van der Waals surface area (Å²) in [5.74, 6) is -1.18. The van der Waals surface area contributed by atoms with E-state index in [0.29, 0.717) is 6.61 Å². The highest BCUT2D eigenvalue weighted by atomic mass is 16.7. The Kier molecular flexibility index (Phi) is 6.75. The smallest absolute Gasteiger partial charge is 0.319 e. The van der Waals surface area contributed by atoms with Gasteiger partial charge in [0.15, 0.2) is 6.29 Å². The van der Waals surface area contributed by atoms with E-state index in [4.69, 9.17) is 14.2 Å². The van der Waals surface area contributed by atoms with Crippen LogP contribution < -0.4 is 0 Å². The summed E-state index contributed by atoms with van der Waals surface area (Å²) < 4.78 is 14.7. The molecule has 100 valence electrons. The van der Waals surface area contributed by atoms with E-state index in [1.165, 1.54) is 13.8 Å². The van der Waals surface area contributed by atoms with E-state index in [2.05, 4.69) is 0 Å². The number of carbonyl (C=O) groups is 2. The molecule has 0 fully saturated rings. The van der Waals surface area contributed by atoms with Gasteiger partial charge in [0.25, 0.3) is 0 Å². The highest BCUT2D eigenvalue weighted by Crippen LogP contribution is 2.19. The molecule has 6 heteroatoms. The number of rotatable bonds is 7. The fourth-order valence-corrected chi connectivity index (χ4v) is 0.992. The van der Waals surface area contributed by atoms with Crippen LogP contribution in [0.15, 0.2) is 0 Å². The van der Waals surface area contributed by atoms with Crippen molar-refractivity contribution >= 4 is 11.9 Å². The second kappa shape index (κ2) is 7.24. The van der Waals surface area contributed by atoms with Crippen LogP contribution in [-0.2, 0) is 23.8 Å². The van der Waals surface area contributed by atoms with Gasteiger partial charge < -0.3 is 19.3 Å². The minimum Gasteiger partial charge on any atom is -0.465 e. The number of carbonyl (C=O) groups excluding carboxylic acids is 2. The van der Waals surface area contributed by atoms with Gasteiger partial charge in [0.05, 0.1) is 6.61 Å². The van der Waals surface area contributed by atoms with Crippen LogP contribution in [0.25, 0.3) is 0 Å². The highest BCUT2D eigenvalue weighted by Gasteiger charge is 2.37. The molecule has 0 rings (SSSR count). The van der Waals surface area contributed by atoms with Gasteiger partial charge in [-0.3, -0.25) is 9.59 Å². The van der Waals surface area contributed by atoms with E-state index >= 15 is 0 Å². The van der Waals surface area contributed by atoms with Crippen LogP contribution in [0.4, 0.5) is 0 Å². The van der Waals surface area contributed by atoms with Crippen LogP contribution in [0.1, 0.15) is 27.7 Å². The molecule has 17 heavy (non-hydrogen) atoms. The molecule has 0 aromatic heterocycles. The van der Waals surface area contributed by atoms with Crippen LogP contribution in [-0.4, -0.2) is 43.2 Å². The summed E-state index contributed by atoms with van der Waals surface area (Å²) in [4.78, 5) is 22.4. The van der Waals surface area contributed by atoms with Gasteiger partial charge in [-0.25, -0.2) is 0 Å². The Morgan fingerprint density at radius 3 is 2.41 bits per heavy atom. The summed E-state index contributed by atoms with van der Waals surface area (Å²) in [6, 6.07) is 0. The van der Waals surface area contributed by atoms with Crippen molar-refractivity contribution in [3.63, 3.8) is 0 Å². The summed E-state index contributed by atoms with van der Waals surface area (Å²) in [7, 11) is 0. The van der Waals surface area contributed by atoms with Gasteiger partial charge in [-0.1, -0.05) is 0 Å². The van der Waals surface area contributed by atoms with E-state index < -0.39 is 30.3 Å². The molecule has 2 atom stereocenters. The molecule has 0 aliphatic rings. The summed E-state index contributed by atoms with van der Waals surface area (Å²) in [6.45, 7) is 5.74. The number of aliphatic hydroxyl groups excluding tert-OH is 1. The van der Waals surface area contributed by atoms with Gasteiger partial charge in [-0.15, -0.1) is 0 Å². The van der Waals surface area contributed by atoms with Crippen molar-refractivity contribution in [1.82, 2.24) is 0 Å². The molecule has 0 heterocycles. The van der Waals surface area contributed by atoms with Gasteiger partial charge in [-0.2, -0.15) is 0 Å². The van der Waals surface area contributed by atoms with Crippen LogP contribution in [0, 0.1) is 5.41 Å². The Morgan fingerprint density at radius 1 is 1.41 bits per heavy atom. The van der Waals surface area contributed by atoms with Crippen molar-refractivity contribution in [2.45, 2.75) is 34.0 Å². The first-order chi connectivity index (χ1) is 7.85. The first-order valence-electron chi connectivity index (χ1n) is 5.42. The fraction of sp³-hybridized carbons (Fsp3) is 0.818. The lowest BCUT2D eigenvalue weighted by atomic mass is 9.93. The Hall–Kier alpha value is -1.14. The Labute approximate surface area is 101 Å². The molecule has 2 unspecified atom stereocenters. The standard InChI is InChI=1S/C11H20O6/c1-5-15-9(3)17-10(14)11(4,6-12)7-16-8(2)13/h9,12H,5-7H2,1-4H3. The average Bonchev–Trinajstić information content (AvgIpc) is 2.26. The molecule has 0 aromatic carbocycles. The largest absolute Gasteiger partial charge is 0.465 e. The quantitative estimate of drug-likeness (QED) is 0.521.